The minimum Gasteiger partial charge on any atom is -0.768 e. The van der Waals surface area contributed by atoms with Gasteiger partial charge in [-0.25, -0.2) is 0 Å². The maximum absolute atomic E-state index is 10.4. The Morgan fingerprint density at radius 3 is 2.55 bits per heavy atom. The van der Waals surface area contributed by atoms with Crippen LogP contribution in [0.3, 0.4) is 0 Å². The van der Waals surface area contributed by atoms with Crippen LogP contribution in [0.2, 0.25) is 10.3 Å². The Morgan fingerprint density at radius 2 is 2.09 bits per heavy atom. The molecule has 0 saturated heterocycles. The van der Waals surface area contributed by atoms with Crippen molar-refractivity contribution in [3.05, 3.63) is 16.4 Å². The van der Waals surface area contributed by atoms with Gasteiger partial charge in [0.05, 0.1) is 4.90 Å². The van der Waals surface area contributed by atoms with Gasteiger partial charge in [-0.2, -0.15) is 0 Å². The normalized spacial score (nSPS) is 13.0. The molecule has 0 N–H and O–H groups in total. The van der Waals surface area contributed by atoms with E-state index in [-0.39, 0.29) is 15.2 Å². The molecule has 1 atom stereocenters. The van der Waals surface area contributed by atoms with Gasteiger partial charge in [0, 0.05) is 0 Å². The first kappa shape index (κ1) is 8.86. The van der Waals surface area contributed by atoms with Gasteiger partial charge in [0.1, 0.15) is 0 Å². The maximum Gasteiger partial charge on any atom is 0.166 e. The van der Waals surface area contributed by atoms with E-state index >= 15 is 0 Å². The fraction of sp³-hybridized carbons (Fsp3) is 0. The first-order valence-corrected chi connectivity index (χ1v) is 4.22. The molecular weight excluding hydrogens is 211 g/mol. The van der Waals surface area contributed by atoms with Crippen LogP contribution in [0.1, 0.15) is 0 Å². The van der Waals surface area contributed by atoms with E-state index in [1.807, 2.05) is 0 Å². The zero-order chi connectivity index (χ0) is 8.43. The van der Waals surface area contributed by atoms with E-state index in [1.165, 1.54) is 0 Å². The molecule has 0 amide bonds. The quantitative estimate of drug-likeness (QED) is 0.651. The Kier molecular flexibility index (Phi) is 2.78. The highest BCUT2D eigenvalue weighted by atomic mass is 35.5. The first-order chi connectivity index (χ1) is 5.11. The first-order valence-electron chi connectivity index (χ1n) is 2.39. The van der Waals surface area contributed by atoms with Crippen LogP contribution in [0.25, 0.3) is 0 Å². The van der Waals surface area contributed by atoms with Crippen LogP contribution in [0.15, 0.2) is 11.0 Å². The third-order valence-corrected chi connectivity index (χ3v) is 2.11. The van der Waals surface area contributed by atoms with Crippen LogP contribution in [0.4, 0.5) is 0 Å². The van der Waals surface area contributed by atoms with Gasteiger partial charge in [0.15, 0.2) is 10.3 Å². The molecule has 0 spiro atoms. The second-order valence-corrected chi connectivity index (χ2v) is 3.21. The standard InChI is InChI=1S/C4H2Cl2N2O2S/c5-3-1-2(11(9)10)4(6)8-7-3/h1H,(H,9,10)/p-1. The van der Waals surface area contributed by atoms with Crippen LogP contribution in [0.5, 0.6) is 0 Å². The topological polar surface area (TPSA) is 65.9 Å². The fourth-order valence-corrected chi connectivity index (χ4v) is 1.33. The minimum atomic E-state index is -2.42. The predicted molar refractivity (Wildman–Crippen MR) is 39.2 cm³/mol. The summed E-state index contributed by atoms with van der Waals surface area (Å²) in [4.78, 5) is -0.147. The minimum absolute atomic E-state index is 0.00593. The summed E-state index contributed by atoms with van der Waals surface area (Å²) in [5.74, 6) is 0. The zero-order valence-corrected chi connectivity index (χ0v) is 7.28. The van der Waals surface area contributed by atoms with Crippen molar-refractivity contribution in [2.45, 2.75) is 4.90 Å². The lowest BCUT2D eigenvalue weighted by Gasteiger charge is -2.04. The lowest BCUT2D eigenvalue weighted by atomic mass is 10.6. The molecule has 1 aromatic rings. The molecule has 0 aliphatic rings. The zero-order valence-electron chi connectivity index (χ0n) is 4.95. The molecule has 1 unspecified atom stereocenters. The number of hydrogen-bond donors (Lipinski definition) is 0. The summed E-state index contributed by atoms with van der Waals surface area (Å²) >= 11 is 8.30. The molecule has 0 aliphatic carbocycles. The van der Waals surface area contributed by atoms with Crippen molar-refractivity contribution in [2.24, 2.45) is 0 Å². The Hall–Kier alpha value is -0.230. The summed E-state index contributed by atoms with van der Waals surface area (Å²) in [7, 11) is 0. The van der Waals surface area contributed by atoms with Gasteiger partial charge in [0.2, 0.25) is 0 Å². The summed E-state index contributed by atoms with van der Waals surface area (Å²) < 4.78 is 20.7. The van der Waals surface area contributed by atoms with Crippen molar-refractivity contribution in [2.75, 3.05) is 0 Å². The number of halogens is 2. The van der Waals surface area contributed by atoms with E-state index in [0.29, 0.717) is 0 Å². The second kappa shape index (κ2) is 3.44. The smallest absolute Gasteiger partial charge is 0.166 e. The number of rotatable bonds is 1. The van der Waals surface area contributed by atoms with Crippen molar-refractivity contribution in [1.82, 2.24) is 10.2 Å². The van der Waals surface area contributed by atoms with Gasteiger partial charge in [-0.15, -0.1) is 10.2 Å². The van der Waals surface area contributed by atoms with Gasteiger partial charge in [-0.1, -0.05) is 23.2 Å². The third-order valence-electron chi connectivity index (χ3n) is 0.866. The van der Waals surface area contributed by atoms with E-state index in [0.717, 1.165) is 6.07 Å². The van der Waals surface area contributed by atoms with Crippen LogP contribution < -0.4 is 0 Å². The Labute approximate surface area is 74.8 Å². The molecule has 1 heterocycles. The molecule has 0 radical (unpaired) electrons. The largest absolute Gasteiger partial charge is 0.768 e. The number of nitrogens with zero attached hydrogens (tertiary/aromatic N) is 2. The van der Waals surface area contributed by atoms with Crippen molar-refractivity contribution in [1.29, 1.82) is 0 Å². The lowest BCUT2D eigenvalue weighted by Crippen LogP contribution is -1.94. The van der Waals surface area contributed by atoms with E-state index < -0.39 is 11.1 Å². The molecule has 11 heavy (non-hydrogen) atoms. The van der Waals surface area contributed by atoms with Crippen LogP contribution in [0, 0.1) is 0 Å². The highest BCUT2D eigenvalue weighted by Crippen LogP contribution is 2.17. The lowest BCUT2D eigenvalue weighted by molar-refractivity contribution is 0.536. The molecule has 0 saturated carbocycles. The molecule has 7 heteroatoms. The fourth-order valence-electron chi connectivity index (χ4n) is 0.454. The van der Waals surface area contributed by atoms with Gasteiger partial charge in [-0.3, -0.25) is 4.21 Å². The predicted octanol–water partition coefficient (Wildman–Crippen LogP) is 1.02. The summed E-state index contributed by atoms with van der Waals surface area (Å²) in [6.07, 6.45) is 0. The molecule has 0 aliphatic heterocycles. The van der Waals surface area contributed by atoms with E-state index in [1.54, 1.807) is 0 Å². The molecule has 60 valence electrons. The van der Waals surface area contributed by atoms with Gasteiger partial charge in [0.25, 0.3) is 0 Å². The molecule has 0 aromatic carbocycles. The molecule has 0 bridgehead atoms. The molecule has 1 aromatic heterocycles. The van der Waals surface area contributed by atoms with E-state index in [2.05, 4.69) is 10.2 Å². The van der Waals surface area contributed by atoms with Crippen molar-refractivity contribution in [3.8, 4) is 0 Å². The molecular formula is C4HCl2N2O2S-. The Balaban J connectivity index is 3.23. The average molecular weight is 212 g/mol. The molecule has 4 nitrogen and oxygen atoms in total. The summed E-state index contributed by atoms with van der Waals surface area (Å²) in [5.41, 5.74) is 0. The van der Waals surface area contributed by atoms with Crippen molar-refractivity contribution < 1.29 is 8.76 Å². The van der Waals surface area contributed by atoms with Crippen LogP contribution in [-0.2, 0) is 11.1 Å². The van der Waals surface area contributed by atoms with Crippen LogP contribution >= 0.6 is 23.2 Å². The van der Waals surface area contributed by atoms with Crippen LogP contribution in [-0.4, -0.2) is 19.0 Å². The summed E-state index contributed by atoms with van der Waals surface area (Å²) in [5, 5.41) is 6.44. The molecule has 0 fully saturated rings. The van der Waals surface area contributed by atoms with Crippen molar-refractivity contribution in [3.63, 3.8) is 0 Å². The van der Waals surface area contributed by atoms with E-state index in [4.69, 9.17) is 23.2 Å². The summed E-state index contributed by atoms with van der Waals surface area (Å²) in [6, 6.07) is 1.12. The third kappa shape index (κ3) is 2.10. The Bertz CT molecular complexity index is 306. The highest BCUT2D eigenvalue weighted by Gasteiger charge is 2.03. The monoisotopic (exact) mass is 211 g/mol. The van der Waals surface area contributed by atoms with Crippen molar-refractivity contribution >= 4 is 34.3 Å². The maximum atomic E-state index is 10.4. The summed E-state index contributed by atoms with van der Waals surface area (Å²) in [6.45, 7) is 0. The second-order valence-electron chi connectivity index (χ2n) is 1.56. The number of hydrogen-bond acceptors (Lipinski definition) is 4. The SMILES string of the molecule is O=S([O-])c1cc(Cl)nnc1Cl. The highest BCUT2D eigenvalue weighted by molar-refractivity contribution is 7.79. The number of aromatic nitrogens is 2. The molecule has 1 rings (SSSR count). The van der Waals surface area contributed by atoms with E-state index in [9.17, 15) is 8.76 Å². The van der Waals surface area contributed by atoms with Gasteiger partial charge < -0.3 is 4.55 Å². The Morgan fingerprint density at radius 1 is 1.45 bits per heavy atom. The van der Waals surface area contributed by atoms with Gasteiger partial charge >= 0.3 is 0 Å². The average Bonchev–Trinajstić information content (AvgIpc) is 1.94. The van der Waals surface area contributed by atoms with Gasteiger partial charge in [-0.05, 0) is 17.1 Å².